The SMILES string of the molecule is CN(C#N)C(=O)[CH]c1ccccc1. The fourth-order valence-corrected chi connectivity index (χ4v) is 0.838. The molecule has 0 fully saturated rings. The number of nitriles is 1. The number of rotatable bonds is 2. The van der Waals surface area contributed by atoms with Crippen molar-refractivity contribution >= 4 is 5.91 Å². The van der Waals surface area contributed by atoms with Crippen molar-refractivity contribution in [3.05, 3.63) is 42.3 Å². The van der Waals surface area contributed by atoms with E-state index in [0.717, 1.165) is 10.5 Å². The van der Waals surface area contributed by atoms with Gasteiger partial charge in [-0.3, -0.25) is 9.69 Å². The number of hydrogen-bond acceptors (Lipinski definition) is 2. The first kappa shape index (κ1) is 9.27. The van der Waals surface area contributed by atoms with Crippen LogP contribution in [0.3, 0.4) is 0 Å². The molecule has 3 heteroatoms. The van der Waals surface area contributed by atoms with E-state index in [9.17, 15) is 4.79 Å². The highest BCUT2D eigenvalue weighted by Gasteiger charge is 2.07. The van der Waals surface area contributed by atoms with Crippen LogP contribution in [0.4, 0.5) is 0 Å². The molecule has 1 rings (SSSR count). The molecule has 0 saturated heterocycles. The third kappa shape index (κ3) is 2.60. The Hall–Kier alpha value is -1.82. The average Bonchev–Trinajstić information content (AvgIpc) is 2.18. The number of amides is 1. The number of likely N-dealkylation sites (N-methyl/N-ethyl adjacent to an activating group) is 1. The van der Waals surface area contributed by atoms with Crippen LogP contribution in [-0.2, 0) is 4.79 Å². The molecule has 0 heterocycles. The second-order valence-electron chi connectivity index (χ2n) is 2.55. The minimum Gasteiger partial charge on any atom is -0.273 e. The van der Waals surface area contributed by atoms with Crippen LogP contribution < -0.4 is 0 Å². The van der Waals surface area contributed by atoms with Crippen molar-refractivity contribution in [2.24, 2.45) is 0 Å². The van der Waals surface area contributed by atoms with E-state index >= 15 is 0 Å². The van der Waals surface area contributed by atoms with Crippen molar-refractivity contribution in [3.63, 3.8) is 0 Å². The quantitative estimate of drug-likeness (QED) is 0.498. The summed E-state index contributed by atoms with van der Waals surface area (Å²) in [6.07, 6.45) is 3.16. The van der Waals surface area contributed by atoms with Gasteiger partial charge in [-0.05, 0) is 5.56 Å². The lowest BCUT2D eigenvalue weighted by atomic mass is 10.1. The second kappa shape index (κ2) is 4.27. The Kier molecular flexibility index (Phi) is 3.04. The summed E-state index contributed by atoms with van der Waals surface area (Å²) in [6, 6.07) is 9.17. The summed E-state index contributed by atoms with van der Waals surface area (Å²) >= 11 is 0. The Morgan fingerprint density at radius 3 is 2.62 bits per heavy atom. The minimum atomic E-state index is -0.311. The topological polar surface area (TPSA) is 44.1 Å². The lowest BCUT2D eigenvalue weighted by Gasteiger charge is -2.05. The standard InChI is InChI=1S/C10H9N2O/c1-12(8-11)10(13)7-9-5-3-2-4-6-9/h2-7H,1H3. The monoisotopic (exact) mass is 173 g/mol. The molecule has 65 valence electrons. The van der Waals surface area contributed by atoms with Gasteiger partial charge in [0.2, 0.25) is 5.91 Å². The van der Waals surface area contributed by atoms with Gasteiger partial charge in [0.05, 0.1) is 6.42 Å². The zero-order valence-corrected chi connectivity index (χ0v) is 7.27. The van der Waals surface area contributed by atoms with Gasteiger partial charge in [0.15, 0.2) is 6.19 Å². The Morgan fingerprint density at radius 1 is 1.46 bits per heavy atom. The van der Waals surface area contributed by atoms with Crippen molar-refractivity contribution in [3.8, 4) is 6.19 Å². The first-order chi connectivity index (χ1) is 6.24. The molecule has 0 N–H and O–H groups in total. The van der Waals surface area contributed by atoms with Crippen LogP contribution in [0.2, 0.25) is 0 Å². The summed E-state index contributed by atoms with van der Waals surface area (Å²) < 4.78 is 0. The molecule has 1 radical (unpaired) electrons. The molecule has 13 heavy (non-hydrogen) atoms. The number of nitrogens with zero attached hydrogens (tertiary/aromatic N) is 2. The van der Waals surface area contributed by atoms with Crippen molar-refractivity contribution < 1.29 is 4.79 Å². The maximum Gasteiger partial charge on any atom is 0.244 e. The van der Waals surface area contributed by atoms with Gasteiger partial charge in [-0.1, -0.05) is 30.3 Å². The van der Waals surface area contributed by atoms with E-state index in [4.69, 9.17) is 5.26 Å². The molecule has 3 nitrogen and oxygen atoms in total. The fourth-order valence-electron chi connectivity index (χ4n) is 0.838. The predicted octanol–water partition coefficient (Wildman–Crippen LogP) is 1.18. The van der Waals surface area contributed by atoms with Gasteiger partial charge in [0, 0.05) is 7.05 Å². The molecule has 0 saturated carbocycles. The third-order valence-corrected chi connectivity index (χ3v) is 1.57. The molecule has 0 aliphatic carbocycles. The zero-order chi connectivity index (χ0) is 9.68. The Labute approximate surface area is 77.2 Å². The minimum absolute atomic E-state index is 0.311. The molecule has 0 unspecified atom stereocenters. The number of benzene rings is 1. The third-order valence-electron chi connectivity index (χ3n) is 1.57. The summed E-state index contributed by atoms with van der Waals surface area (Å²) in [6.45, 7) is 0. The van der Waals surface area contributed by atoms with Gasteiger partial charge < -0.3 is 0 Å². The molecule has 0 bridgehead atoms. The zero-order valence-electron chi connectivity index (χ0n) is 7.27. The van der Waals surface area contributed by atoms with Gasteiger partial charge in [-0.25, -0.2) is 0 Å². The van der Waals surface area contributed by atoms with Crippen molar-refractivity contribution in [2.45, 2.75) is 0 Å². The molecule has 0 atom stereocenters. The van der Waals surface area contributed by atoms with Crippen LogP contribution in [0, 0.1) is 17.9 Å². The highest BCUT2D eigenvalue weighted by Crippen LogP contribution is 2.03. The van der Waals surface area contributed by atoms with Gasteiger partial charge in [-0.2, -0.15) is 5.26 Å². The van der Waals surface area contributed by atoms with E-state index in [1.54, 1.807) is 6.19 Å². The molecule has 1 amide bonds. The fraction of sp³-hybridized carbons (Fsp3) is 0.100. The van der Waals surface area contributed by atoms with Gasteiger partial charge in [0.25, 0.3) is 0 Å². The first-order valence-electron chi connectivity index (χ1n) is 3.81. The second-order valence-corrected chi connectivity index (χ2v) is 2.55. The average molecular weight is 173 g/mol. The highest BCUT2D eigenvalue weighted by molar-refractivity contribution is 5.89. The molecule has 1 aromatic carbocycles. The number of carbonyl (C=O) groups excluding carboxylic acids is 1. The van der Waals surface area contributed by atoms with E-state index in [1.807, 2.05) is 30.3 Å². The molecule has 1 aromatic rings. The summed E-state index contributed by atoms with van der Waals surface area (Å²) in [7, 11) is 1.43. The van der Waals surface area contributed by atoms with Gasteiger partial charge in [0.1, 0.15) is 0 Å². The van der Waals surface area contributed by atoms with Crippen LogP contribution in [0.15, 0.2) is 30.3 Å². The molecule has 0 aromatic heterocycles. The largest absolute Gasteiger partial charge is 0.273 e. The van der Waals surface area contributed by atoms with Crippen LogP contribution in [-0.4, -0.2) is 17.9 Å². The summed E-state index contributed by atoms with van der Waals surface area (Å²) in [5.41, 5.74) is 0.801. The number of hydrogen-bond donors (Lipinski definition) is 0. The van der Waals surface area contributed by atoms with E-state index < -0.39 is 0 Å². The van der Waals surface area contributed by atoms with Gasteiger partial charge >= 0.3 is 0 Å². The smallest absolute Gasteiger partial charge is 0.244 e. The first-order valence-corrected chi connectivity index (χ1v) is 3.81. The number of carbonyl (C=O) groups is 1. The lowest BCUT2D eigenvalue weighted by Crippen LogP contribution is -2.21. The van der Waals surface area contributed by atoms with E-state index in [1.165, 1.54) is 13.5 Å². The van der Waals surface area contributed by atoms with E-state index in [-0.39, 0.29) is 5.91 Å². The molecular formula is C10H9N2O. The van der Waals surface area contributed by atoms with Crippen LogP contribution in [0.1, 0.15) is 5.56 Å². The van der Waals surface area contributed by atoms with Crippen molar-refractivity contribution in [1.82, 2.24) is 4.90 Å². The Bertz CT molecular complexity index is 327. The van der Waals surface area contributed by atoms with Crippen LogP contribution in [0.25, 0.3) is 0 Å². The molecule has 0 aliphatic rings. The molecule has 0 spiro atoms. The van der Waals surface area contributed by atoms with Gasteiger partial charge in [-0.15, -0.1) is 0 Å². The van der Waals surface area contributed by atoms with E-state index in [0.29, 0.717) is 0 Å². The predicted molar refractivity (Wildman–Crippen MR) is 48.2 cm³/mol. The lowest BCUT2D eigenvalue weighted by molar-refractivity contribution is -0.123. The van der Waals surface area contributed by atoms with Crippen LogP contribution in [0.5, 0.6) is 0 Å². The molecular weight excluding hydrogens is 164 g/mol. The summed E-state index contributed by atoms with van der Waals surface area (Å²) in [5.74, 6) is -0.311. The maximum atomic E-state index is 11.2. The van der Waals surface area contributed by atoms with Crippen molar-refractivity contribution in [1.29, 1.82) is 5.26 Å². The maximum absolute atomic E-state index is 11.2. The summed E-state index contributed by atoms with van der Waals surface area (Å²) in [5, 5.41) is 8.42. The Morgan fingerprint density at radius 2 is 2.08 bits per heavy atom. The van der Waals surface area contributed by atoms with Crippen LogP contribution >= 0.6 is 0 Å². The molecule has 0 aliphatic heterocycles. The Balaban J connectivity index is 2.62. The summed E-state index contributed by atoms with van der Waals surface area (Å²) in [4.78, 5) is 12.2. The van der Waals surface area contributed by atoms with Crippen molar-refractivity contribution in [2.75, 3.05) is 7.05 Å². The highest BCUT2D eigenvalue weighted by atomic mass is 16.2. The normalized spacial score (nSPS) is 8.92. The van der Waals surface area contributed by atoms with E-state index in [2.05, 4.69) is 0 Å².